The first-order valence-electron chi connectivity index (χ1n) is 10.6. The number of likely N-dealkylation sites (N-methyl/N-ethyl adjacent to an activating group) is 2. The third-order valence-electron chi connectivity index (χ3n) is 6.80. The Morgan fingerprint density at radius 2 is 0.690 bits per heavy atom. The molecule has 0 aromatic heterocycles. The maximum absolute atomic E-state index is 2.25. The molecule has 2 aromatic rings. The van der Waals surface area contributed by atoms with E-state index in [-0.39, 0.29) is 17.1 Å². The predicted molar refractivity (Wildman–Crippen MR) is 126 cm³/mol. The smallest absolute Gasteiger partial charge is 0 e. The second-order valence-electron chi connectivity index (χ2n) is 9.06. The molecule has 0 aliphatic rings. The number of nitrogens with zero attached hydrogens (tertiary/aromatic N) is 2. The average molecular weight is 440 g/mol. The van der Waals surface area contributed by atoms with Gasteiger partial charge in [0.25, 0.3) is 0 Å². The second-order valence-corrected chi connectivity index (χ2v) is 9.06. The van der Waals surface area contributed by atoms with Crippen LogP contribution in [0.1, 0.15) is 55.6 Å². The summed E-state index contributed by atoms with van der Waals surface area (Å²) in [7, 11) is 8.53. The summed E-state index contributed by atoms with van der Waals surface area (Å²) in [6.45, 7) is 20.2. The number of hydrogen-bond donors (Lipinski definition) is 0. The van der Waals surface area contributed by atoms with E-state index >= 15 is 0 Å². The standard InChI is InChI=1S/2C13H22N.Mn/c2*1-9-10(2)12(4)13(11(9)3)7-8-14(5)6;/h2*7-8H2,1-6H3;/q2*-1;. The Labute approximate surface area is 191 Å². The van der Waals surface area contributed by atoms with Crippen LogP contribution in [0.5, 0.6) is 0 Å². The van der Waals surface area contributed by atoms with Crippen LogP contribution in [0, 0.1) is 55.4 Å². The zero-order valence-electron chi connectivity index (χ0n) is 21.1. The first-order chi connectivity index (χ1) is 12.9. The molecule has 0 amide bonds. The first kappa shape index (κ1) is 28.1. The number of rotatable bonds is 6. The van der Waals surface area contributed by atoms with Gasteiger partial charge in [-0.2, -0.15) is 44.5 Å². The van der Waals surface area contributed by atoms with Gasteiger partial charge in [0.15, 0.2) is 0 Å². The second kappa shape index (κ2) is 12.1. The molecule has 0 unspecified atom stereocenters. The molecule has 2 nitrogen and oxygen atoms in total. The Kier molecular flexibility index (Phi) is 11.7. The van der Waals surface area contributed by atoms with Crippen LogP contribution in [0.3, 0.4) is 0 Å². The van der Waals surface area contributed by atoms with Crippen molar-refractivity contribution in [3.63, 3.8) is 0 Å². The molecule has 3 heteroatoms. The Bertz CT molecular complexity index is 658. The van der Waals surface area contributed by atoms with Gasteiger partial charge < -0.3 is 9.80 Å². The van der Waals surface area contributed by atoms with Crippen molar-refractivity contribution < 1.29 is 17.1 Å². The zero-order valence-corrected chi connectivity index (χ0v) is 22.3. The molecule has 0 bridgehead atoms. The molecule has 0 saturated heterocycles. The van der Waals surface area contributed by atoms with Gasteiger partial charge in [-0.05, 0) is 41.3 Å². The van der Waals surface area contributed by atoms with E-state index in [1.54, 1.807) is 11.1 Å². The average Bonchev–Trinajstić information content (AvgIpc) is 2.92. The van der Waals surface area contributed by atoms with Crippen LogP contribution in [0.15, 0.2) is 0 Å². The monoisotopic (exact) mass is 439 g/mol. The van der Waals surface area contributed by atoms with Gasteiger partial charge in [-0.25, -0.2) is 0 Å². The molecule has 1 radical (unpaired) electrons. The van der Waals surface area contributed by atoms with Crippen molar-refractivity contribution in [1.82, 2.24) is 9.80 Å². The van der Waals surface area contributed by atoms with Gasteiger partial charge in [0.2, 0.25) is 0 Å². The fourth-order valence-corrected chi connectivity index (χ4v) is 4.01. The molecule has 29 heavy (non-hydrogen) atoms. The molecule has 0 saturated carbocycles. The summed E-state index contributed by atoms with van der Waals surface area (Å²) in [5.74, 6) is 0. The van der Waals surface area contributed by atoms with Crippen molar-refractivity contribution in [2.75, 3.05) is 41.3 Å². The quantitative estimate of drug-likeness (QED) is 0.434. The van der Waals surface area contributed by atoms with Gasteiger partial charge in [0, 0.05) is 17.1 Å². The summed E-state index contributed by atoms with van der Waals surface area (Å²) in [4.78, 5) is 4.49. The molecule has 2 aromatic carbocycles. The van der Waals surface area contributed by atoms with E-state index in [2.05, 4.69) is 93.4 Å². The molecule has 0 aliphatic carbocycles. The van der Waals surface area contributed by atoms with Crippen LogP contribution in [-0.4, -0.2) is 51.1 Å². The summed E-state index contributed by atoms with van der Waals surface area (Å²) in [6, 6.07) is 0. The van der Waals surface area contributed by atoms with E-state index in [4.69, 9.17) is 0 Å². The van der Waals surface area contributed by atoms with E-state index in [1.807, 2.05) is 0 Å². The maximum atomic E-state index is 2.25. The Hall–Kier alpha value is -0.861. The molecule has 0 fully saturated rings. The van der Waals surface area contributed by atoms with Gasteiger partial charge in [-0.3, -0.25) is 0 Å². The van der Waals surface area contributed by atoms with E-state index in [0.29, 0.717) is 0 Å². The molecule has 2 rings (SSSR count). The molecule has 0 atom stereocenters. The van der Waals surface area contributed by atoms with Crippen LogP contribution >= 0.6 is 0 Å². The van der Waals surface area contributed by atoms with Crippen molar-refractivity contribution in [3.05, 3.63) is 55.6 Å². The van der Waals surface area contributed by atoms with Crippen molar-refractivity contribution in [2.45, 2.75) is 68.2 Å². The fourth-order valence-electron chi connectivity index (χ4n) is 4.01. The molecular formula is C26H44MnN2-2. The van der Waals surface area contributed by atoms with Crippen LogP contribution < -0.4 is 0 Å². The van der Waals surface area contributed by atoms with E-state index in [1.165, 1.54) is 57.3 Å². The van der Waals surface area contributed by atoms with Gasteiger partial charge in [0.1, 0.15) is 0 Å². The topological polar surface area (TPSA) is 6.48 Å². The van der Waals surface area contributed by atoms with Crippen LogP contribution in [0.2, 0.25) is 0 Å². The van der Waals surface area contributed by atoms with Crippen molar-refractivity contribution in [3.8, 4) is 0 Å². The number of hydrogen-bond acceptors (Lipinski definition) is 2. The summed E-state index contributed by atoms with van der Waals surface area (Å²) in [5.41, 5.74) is 15.1. The molecule has 0 heterocycles. The minimum atomic E-state index is 0. The Morgan fingerprint density at radius 1 is 0.483 bits per heavy atom. The summed E-state index contributed by atoms with van der Waals surface area (Å²) >= 11 is 0. The Morgan fingerprint density at radius 3 is 0.862 bits per heavy atom. The van der Waals surface area contributed by atoms with Crippen LogP contribution in [-0.2, 0) is 29.9 Å². The van der Waals surface area contributed by atoms with E-state index in [0.717, 1.165) is 13.1 Å². The van der Waals surface area contributed by atoms with Crippen molar-refractivity contribution in [2.24, 2.45) is 0 Å². The van der Waals surface area contributed by atoms with Crippen molar-refractivity contribution in [1.29, 1.82) is 0 Å². The van der Waals surface area contributed by atoms with Crippen molar-refractivity contribution >= 4 is 0 Å². The van der Waals surface area contributed by atoms with Gasteiger partial charge in [-0.1, -0.05) is 68.2 Å². The van der Waals surface area contributed by atoms with E-state index < -0.39 is 0 Å². The minimum Gasteiger partial charge on any atom is -0.310 e. The predicted octanol–water partition coefficient (Wildman–Crippen LogP) is 5.48. The van der Waals surface area contributed by atoms with Gasteiger partial charge >= 0.3 is 0 Å². The van der Waals surface area contributed by atoms with Gasteiger partial charge in [-0.15, -0.1) is 11.1 Å². The first-order valence-corrected chi connectivity index (χ1v) is 10.6. The zero-order chi connectivity index (χ0) is 21.8. The molecular weight excluding hydrogens is 395 g/mol. The summed E-state index contributed by atoms with van der Waals surface area (Å²) in [6.07, 6.45) is 2.36. The fraction of sp³-hybridized carbons (Fsp3) is 0.615. The van der Waals surface area contributed by atoms with Crippen LogP contribution in [0.25, 0.3) is 0 Å². The summed E-state index contributed by atoms with van der Waals surface area (Å²) in [5, 5.41) is 0. The van der Waals surface area contributed by atoms with Crippen LogP contribution in [0.4, 0.5) is 0 Å². The molecule has 0 aliphatic heterocycles. The normalized spacial score (nSPS) is 11.0. The SMILES string of the molecule is Cc1c(C)c(C)[c-](CCN(C)C)c1C.Cc1c(C)c(C)[c-](CCN(C)C)c1C.[Mn]. The minimum absolute atomic E-state index is 0. The van der Waals surface area contributed by atoms with E-state index in [9.17, 15) is 0 Å². The van der Waals surface area contributed by atoms with Gasteiger partial charge in [0.05, 0.1) is 0 Å². The third kappa shape index (κ3) is 7.10. The largest absolute Gasteiger partial charge is 0.310 e. The molecule has 0 spiro atoms. The molecule has 0 N–H and O–H groups in total. The summed E-state index contributed by atoms with van der Waals surface area (Å²) < 4.78 is 0. The maximum Gasteiger partial charge on any atom is 0 e. The third-order valence-corrected chi connectivity index (χ3v) is 6.80. The Balaban J connectivity index is 0.000000523. The molecule has 167 valence electrons.